The highest BCUT2D eigenvalue weighted by molar-refractivity contribution is 7.97. The summed E-state index contributed by atoms with van der Waals surface area (Å²) in [5, 5.41) is 7.20. The molecule has 1 aliphatic rings. The molecular weight excluding hydrogens is 373 g/mol. The first kappa shape index (κ1) is 17.1. The number of hydrogen-bond donors (Lipinski definition) is 1. The fraction of sp³-hybridized carbons (Fsp3) is 0.222. The highest BCUT2D eigenvalue weighted by atomic mass is 32.2. The van der Waals surface area contributed by atoms with Crippen molar-refractivity contribution in [2.24, 2.45) is 0 Å². The number of fused-ring (bicyclic) bond motifs is 1. The molecule has 2 heterocycles. The van der Waals surface area contributed by atoms with Crippen LogP contribution >= 0.6 is 24.0 Å². The van der Waals surface area contributed by atoms with E-state index in [0.29, 0.717) is 29.5 Å². The van der Waals surface area contributed by atoms with Gasteiger partial charge in [0.15, 0.2) is 16.3 Å². The summed E-state index contributed by atoms with van der Waals surface area (Å²) in [5.74, 6) is 3.47. The van der Waals surface area contributed by atoms with E-state index in [9.17, 15) is 4.39 Å². The maximum absolute atomic E-state index is 13.0. The van der Waals surface area contributed by atoms with Crippen molar-refractivity contribution in [1.82, 2.24) is 14.8 Å². The van der Waals surface area contributed by atoms with Gasteiger partial charge in [-0.25, -0.2) is 4.39 Å². The van der Waals surface area contributed by atoms with E-state index >= 15 is 0 Å². The molecule has 0 unspecified atom stereocenters. The number of nitrogens with zero attached hydrogens (tertiary/aromatic N) is 2. The van der Waals surface area contributed by atoms with Gasteiger partial charge in [0.25, 0.3) is 0 Å². The summed E-state index contributed by atoms with van der Waals surface area (Å²) in [6.07, 6.45) is 0. The van der Waals surface area contributed by atoms with Gasteiger partial charge in [0, 0.05) is 11.8 Å². The largest absolute Gasteiger partial charge is 0.486 e. The van der Waals surface area contributed by atoms with Gasteiger partial charge in [-0.15, -0.1) is 11.8 Å². The van der Waals surface area contributed by atoms with Crippen molar-refractivity contribution in [2.75, 3.05) is 13.2 Å². The number of aromatic amines is 1. The monoisotopic (exact) mass is 389 g/mol. The first-order chi connectivity index (χ1) is 12.7. The van der Waals surface area contributed by atoms with Gasteiger partial charge in [-0.05, 0) is 42.0 Å². The van der Waals surface area contributed by atoms with Crippen LogP contribution in [-0.4, -0.2) is 28.0 Å². The lowest BCUT2D eigenvalue weighted by molar-refractivity contribution is 0.171. The predicted octanol–water partition coefficient (Wildman–Crippen LogP) is 4.27. The van der Waals surface area contributed by atoms with Crippen LogP contribution in [0.2, 0.25) is 0 Å². The highest BCUT2D eigenvalue weighted by Crippen LogP contribution is 2.32. The van der Waals surface area contributed by atoms with Crippen LogP contribution in [0.1, 0.15) is 11.4 Å². The third-order valence-corrected chi connectivity index (χ3v) is 5.21. The van der Waals surface area contributed by atoms with Crippen LogP contribution in [0.4, 0.5) is 4.39 Å². The number of H-pyrrole nitrogens is 1. The van der Waals surface area contributed by atoms with Gasteiger partial charge in [0.2, 0.25) is 0 Å². The Kier molecular flexibility index (Phi) is 4.94. The van der Waals surface area contributed by atoms with E-state index in [2.05, 4.69) is 10.2 Å². The second-order valence-corrected chi connectivity index (χ2v) is 7.10. The molecule has 4 rings (SSSR count). The maximum Gasteiger partial charge on any atom is 0.199 e. The number of thioether (sulfide) groups is 1. The van der Waals surface area contributed by atoms with Crippen LogP contribution in [-0.2, 0) is 11.5 Å². The molecule has 0 aliphatic carbocycles. The number of rotatable bonds is 5. The Labute approximate surface area is 159 Å². The molecule has 1 aliphatic heterocycles. The van der Waals surface area contributed by atoms with Crippen molar-refractivity contribution in [3.63, 3.8) is 0 Å². The van der Waals surface area contributed by atoms with E-state index in [4.69, 9.17) is 21.7 Å². The van der Waals surface area contributed by atoms with Crippen LogP contribution in [0.15, 0.2) is 42.5 Å². The van der Waals surface area contributed by atoms with Crippen LogP contribution < -0.4 is 9.47 Å². The van der Waals surface area contributed by atoms with Crippen molar-refractivity contribution in [1.29, 1.82) is 0 Å². The molecule has 0 fully saturated rings. The molecule has 5 nitrogen and oxygen atoms in total. The Morgan fingerprint density at radius 2 is 1.85 bits per heavy atom. The van der Waals surface area contributed by atoms with Crippen molar-refractivity contribution in [3.8, 4) is 17.2 Å². The zero-order valence-corrected chi connectivity index (χ0v) is 15.4. The molecule has 3 aromatic rings. The summed E-state index contributed by atoms with van der Waals surface area (Å²) >= 11 is 7.08. The lowest BCUT2D eigenvalue weighted by Crippen LogP contribution is -2.15. The normalized spacial score (nSPS) is 13.0. The van der Waals surface area contributed by atoms with E-state index in [-0.39, 0.29) is 5.82 Å². The quantitative estimate of drug-likeness (QED) is 0.661. The smallest absolute Gasteiger partial charge is 0.199 e. The van der Waals surface area contributed by atoms with Crippen molar-refractivity contribution in [3.05, 3.63) is 64.4 Å². The molecule has 2 aromatic carbocycles. The zero-order chi connectivity index (χ0) is 17.9. The molecular formula is C18H16FN3O2S2. The van der Waals surface area contributed by atoms with Crippen LogP contribution in [0, 0.1) is 10.6 Å². The molecule has 0 amide bonds. The minimum Gasteiger partial charge on any atom is -0.486 e. The lowest BCUT2D eigenvalue weighted by Gasteiger charge is -2.19. The summed E-state index contributed by atoms with van der Waals surface area (Å²) in [5.41, 5.74) is 1.95. The summed E-state index contributed by atoms with van der Waals surface area (Å²) < 4.78 is 26.6. The number of hydrogen-bond acceptors (Lipinski definition) is 5. The Balaban J connectivity index is 1.52. The van der Waals surface area contributed by atoms with E-state index in [0.717, 1.165) is 28.6 Å². The zero-order valence-electron chi connectivity index (χ0n) is 13.8. The minimum absolute atomic E-state index is 0.224. The van der Waals surface area contributed by atoms with Crippen molar-refractivity contribution in [2.45, 2.75) is 11.5 Å². The van der Waals surface area contributed by atoms with Crippen molar-refractivity contribution >= 4 is 24.0 Å². The van der Waals surface area contributed by atoms with E-state index in [1.165, 1.54) is 12.1 Å². The highest BCUT2D eigenvalue weighted by Gasteiger charge is 2.15. The van der Waals surface area contributed by atoms with Gasteiger partial charge in [-0.3, -0.25) is 9.67 Å². The fourth-order valence-electron chi connectivity index (χ4n) is 2.70. The molecule has 1 aromatic heterocycles. The van der Waals surface area contributed by atoms with Gasteiger partial charge < -0.3 is 9.47 Å². The van der Waals surface area contributed by atoms with Crippen LogP contribution in [0.25, 0.3) is 5.69 Å². The summed E-state index contributed by atoms with van der Waals surface area (Å²) in [6.45, 7) is 1.09. The molecule has 0 saturated carbocycles. The Morgan fingerprint density at radius 3 is 2.65 bits per heavy atom. The Bertz CT molecular complexity index is 969. The molecule has 1 N–H and O–H groups in total. The summed E-state index contributed by atoms with van der Waals surface area (Å²) in [7, 11) is 0. The SMILES string of the molecule is Fc1ccc(CSCc2n[nH]c(=S)n2-c2ccc3c(c2)OCCO3)cc1. The van der Waals surface area contributed by atoms with Crippen LogP contribution in [0.5, 0.6) is 11.5 Å². The summed E-state index contributed by atoms with van der Waals surface area (Å²) in [6, 6.07) is 12.3. The molecule has 0 atom stereocenters. The molecule has 0 bridgehead atoms. The van der Waals surface area contributed by atoms with E-state index in [1.54, 1.807) is 23.9 Å². The first-order valence-corrected chi connectivity index (χ1v) is 9.65. The Morgan fingerprint density at radius 1 is 1.08 bits per heavy atom. The number of benzene rings is 2. The van der Waals surface area contributed by atoms with Gasteiger partial charge in [0.05, 0.1) is 11.4 Å². The third kappa shape index (κ3) is 3.61. The average molecular weight is 389 g/mol. The van der Waals surface area contributed by atoms with Gasteiger partial charge in [-0.1, -0.05) is 12.1 Å². The predicted molar refractivity (Wildman–Crippen MR) is 101 cm³/mol. The molecule has 134 valence electrons. The van der Waals surface area contributed by atoms with Gasteiger partial charge in [0.1, 0.15) is 24.9 Å². The minimum atomic E-state index is -0.224. The van der Waals surface area contributed by atoms with Gasteiger partial charge >= 0.3 is 0 Å². The second-order valence-electron chi connectivity index (χ2n) is 5.73. The number of nitrogens with one attached hydrogen (secondary N) is 1. The van der Waals surface area contributed by atoms with Crippen LogP contribution in [0.3, 0.4) is 0 Å². The molecule has 26 heavy (non-hydrogen) atoms. The molecule has 0 radical (unpaired) electrons. The summed E-state index contributed by atoms with van der Waals surface area (Å²) in [4.78, 5) is 0. The number of aromatic nitrogens is 3. The van der Waals surface area contributed by atoms with E-state index in [1.807, 2.05) is 22.8 Å². The standard InChI is InChI=1S/C18H16FN3O2S2/c19-13-3-1-12(2-4-13)10-26-11-17-20-21-18(25)22(17)14-5-6-15-16(9-14)24-8-7-23-15/h1-6,9H,7-8,10-11H2,(H,21,25). The molecule has 8 heteroatoms. The topological polar surface area (TPSA) is 52.1 Å². The Hall–Kier alpha value is -2.32. The fourth-order valence-corrected chi connectivity index (χ4v) is 3.87. The number of ether oxygens (including phenoxy) is 2. The second kappa shape index (κ2) is 7.51. The van der Waals surface area contributed by atoms with Crippen molar-refractivity contribution < 1.29 is 13.9 Å². The average Bonchev–Trinajstić information content (AvgIpc) is 3.03. The maximum atomic E-state index is 13.0. The first-order valence-electron chi connectivity index (χ1n) is 8.09. The lowest BCUT2D eigenvalue weighted by atomic mass is 10.2. The van der Waals surface area contributed by atoms with Gasteiger partial charge in [-0.2, -0.15) is 5.10 Å². The number of halogens is 1. The molecule has 0 saturated heterocycles. The van der Waals surface area contributed by atoms with E-state index < -0.39 is 0 Å². The third-order valence-electron chi connectivity index (χ3n) is 3.94. The molecule has 0 spiro atoms.